The van der Waals surface area contributed by atoms with Crippen molar-refractivity contribution in [1.29, 1.82) is 5.26 Å². The largest absolute Gasteiger partial charge is 0.423 e. The molecule has 6 aromatic rings. The first-order valence-corrected chi connectivity index (χ1v) is 19.3. The number of aryl methyl sites for hydroxylation is 2. The number of rotatable bonds is 16. The molecule has 59 heavy (non-hydrogen) atoms. The van der Waals surface area contributed by atoms with Gasteiger partial charge < -0.3 is 9.47 Å². The fourth-order valence-corrected chi connectivity index (χ4v) is 6.68. The van der Waals surface area contributed by atoms with Crippen molar-refractivity contribution >= 4 is 11.9 Å². The molecule has 5 nitrogen and oxygen atoms in total. The van der Waals surface area contributed by atoms with Gasteiger partial charge in [-0.15, -0.1) is 6.42 Å². The summed E-state index contributed by atoms with van der Waals surface area (Å²) in [5, 5.41) is 8.96. The zero-order valence-electron chi connectivity index (χ0n) is 32.1. The van der Waals surface area contributed by atoms with Crippen molar-refractivity contribution in [3.63, 3.8) is 0 Å². The van der Waals surface area contributed by atoms with Crippen molar-refractivity contribution in [2.24, 2.45) is 0 Å². The van der Waals surface area contributed by atoms with Gasteiger partial charge in [0.15, 0.2) is 0 Å². The monoisotopic (exact) mass is 793 g/mol. The predicted octanol–water partition coefficient (Wildman–Crippen LogP) is 12.4. The Morgan fingerprint density at radius 3 is 1.27 bits per heavy atom. The van der Waals surface area contributed by atoms with E-state index in [4.69, 9.17) is 21.2 Å². The maximum absolute atomic E-state index is 14.9. The van der Waals surface area contributed by atoms with Crippen LogP contribution in [0.1, 0.15) is 87.9 Å². The Morgan fingerprint density at radius 2 is 0.898 bits per heavy atom. The van der Waals surface area contributed by atoms with Crippen LogP contribution in [0.4, 0.5) is 17.6 Å². The molecule has 0 saturated heterocycles. The van der Waals surface area contributed by atoms with Crippen molar-refractivity contribution < 1.29 is 36.6 Å². The Labute approximate surface area is 340 Å². The van der Waals surface area contributed by atoms with Crippen LogP contribution in [0.2, 0.25) is 0 Å². The molecule has 0 heterocycles. The highest BCUT2D eigenvalue weighted by atomic mass is 19.1. The number of nitriles is 1. The van der Waals surface area contributed by atoms with Gasteiger partial charge >= 0.3 is 11.9 Å². The van der Waals surface area contributed by atoms with Crippen LogP contribution >= 0.6 is 0 Å². The number of nitrogens with zero attached hydrogens (tertiary/aromatic N) is 1. The first-order valence-electron chi connectivity index (χ1n) is 19.3. The van der Waals surface area contributed by atoms with Crippen LogP contribution in [0.3, 0.4) is 0 Å². The molecular weight excluding hydrogens is 755 g/mol. The van der Waals surface area contributed by atoms with Crippen LogP contribution in [0.15, 0.2) is 121 Å². The lowest BCUT2D eigenvalue weighted by Gasteiger charge is -2.09. The van der Waals surface area contributed by atoms with E-state index in [9.17, 15) is 27.2 Å². The van der Waals surface area contributed by atoms with Gasteiger partial charge in [0.1, 0.15) is 34.8 Å². The van der Waals surface area contributed by atoms with Crippen LogP contribution in [0.25, 0.3) is 22.3 Å². The fourth-order valence-electron chi connectivity index (χ4n) is 6.68. The lowest BCUT2D eigenvalue weighted by atomic mass is 10.0. The maximum atomic E-state index is 14.9. The molecule has 0 unspecified atom stereocenters. The summed E-state index contributed by atoms with van der Waals surface area (Å²) >= 11 is 0. The van der Waals surface area contributed by atoms with E-state index in [1.165, 1.54) is 48.5 Å². The number of esters is 2. The Morgan fingerprint density at radius 1 is 0.492 bits per heavy atom. The molecule has 0 N–H and O–H groups in total. The summed E-state index contributed by atoms with van der Waals surface area (Å²) in [5.74, 6) is -2.05. The van der Waals surface area contributed by atoms with Gasteiger partial charge in [-0.3, -0.25) is 0 Å². The smallest absolute Gasteiger partial charge is 0.346 e. The fraction of sp³-hybridized carbons (Fsp3) is 0.180. The second-order valence-corrected chi connectivity index (χ2v) is 14.1. The van der Waals surface area contributed by atoms with E-state index >= 15 is 0 Å². The number of carbonyl (C=O) groups excluding carboxylic acids is 2. The Kier molecular flexibility index (Phi) is 14.1. The van der Waals surface area contributed by atoms with Crippen molar-refractivity contribution in [2.45, 2.75) is 57.8 Å². The van der Waals surface area contributed by atoms with Crippen molar-refractivity contribution in [3.8, 4) is 52.2 Å². The highest BCUT2D eigenvalue weighted by molar-refractivity contribution is 5.92. The minimum atomic E-state index is -0.927. The van der Waals surface area contributed by atoms with Crippen LogP contribution in [0, 0.1) is 46.9 Å². The summed E-state index contributed by atoms with van der Waals surface area (Å²) in [4.78, 5) is 25.4. The lowest BCUT2D eigenvalue weighted by Crippen LogP contribution is -2.11. The summed E-state index contributed by atoms with van der Waals surface area (Å²) in [5.41, 5.74) is 3.92. The minimum Gasteiger partial charge on any atom is -0.423 e. The van der Waals surface area contributed by atoms with Gasteiger partial charge in [-0.25, -0.2) is 27.2 Å². The number of halogens is 4. The van der Waals surface area contributed by atoms with E-state index in [0.29, 0.717) is 40.7 Å². The van der Waals surface area contributed by atoms with E-state index in [2.05, 4.69) is 5.92 Å². The Balaban J connectivity index is 0.865. The Bertz CT molecular complexity index is 2360. The second-order valence-electron chi connectivity index (χ2n) is 14.1. The maximum Gasteiger partial charge on any atom is 0.346 e. The molecule has 296 valence electrons. The molecule has 0 fully saturated rings. The van der Waals surface area contributed by atoms with Gasteiger partial charge in [0.25, 0.3) is 0 Å². The molecule has 6 aromatic carbocycles. The molecule has 0 aliphatic rings. The third kappa shape index (κ3) is 11.1. The third-order valence-corrected chi connectivity index (χ3v) is 9.93. The third-order valence-electron chi connectivity index (χ3n) is 9.93. The predicted molar refractivity (Wildman–Crippen MR) is 219 cm³/mol. The summed E-state index contributed by atoms with van der Waals surface area (Å²) < 4.78 is 69.9. The zero-order valence-corrected chi connectivity index (χ0v) is 32.1. The lowest BCUT2D eigenvalue weighted by molar-refractivity contribution is 0.0719. The SMILES string of the molecule is C#Cc1ccc(-c2ccc(OC(=O)c3ccc(CCCCCCCCCc4ccc(C(=O)Oc5ccc(-c6ccc(C#N)cc6)c(F)c5)c(F)c4)cc3F)cc2F)cc1. The summed E-state index contributed by atoms with van der Waals surface area (Å²) in [6.07, 6.45) is 13.3. The van der Waals surface area contributed by atoms with E-state index in [1.54, 1.807) is 60.7 Å². The number of ether oxygens (including phenoxy) is 2. The van der Waals surface area contributed by atoms with E-state index < -0.39 is 35.2 Å². The first kappa shape index (κ1) is 41.7. The number of hydrogen-bond donors (Lipinski definition) is 0. The summed E-state index contributed by atoms with van der Waals surface area (Å²) in [7, 11) is 0. The molecule has 9 heteroatoms. The average molecular weight is 794 g/mol. The molecule has 0 saturated carbocycles. The molecule has 0 amide bonds. The van der Waals surface area contributed by atoms with Crippen LogP contribution in [-0.2, 0) is 12.8 Å². The quantitative estimate of drug-likeness (QED) is 0.0321. The molecule has 0 spiro atoms. The Hall–Kier alpha value is -6.97. The van der Waals surface area contributed by atoms with Gasteiger partial charge in [0.05, 0.1) is 22.8 Å². The molecule has 0 bridgehead atoms. The first-order chi connectivity index (χ1) is 28.6. The molecule has 0 aromatic heterocycles. The minimum absolute atomic E-state index is 0.0374. The average Bonchev–Trinajstić information content (AvgIpc) is 3.23. The van der Waals surface area contributed by atoms with Crippen molar-refractivity contribution in [2.75, 3.05) is 0 Å². The standard InChI is InChI=1S/C50H39F4NO4/c1-2-33-12-18-37(19-13-33)41-26-22-39(30-47(41)53)58-49(56)43-24-16-34(28-45(43)51)10-8-6-4-3-5-7-9-11-35-17-25-44(46(52)29-35)50(57)59-40-23-27-42(48(54)31-40)38-20-14-36(32-55)15-21-38/h1,12-31H,3-11H2. The molecule has 0 radical (unpaired) electrons. The number of carbonyl (C=O) groups is 2. The highest BCUT2D eigenvalue weighted by Crippen LogP contribution is 2.29. The normalized spacial score (nSPS) is 10.7. The topological polar surface area (TPSA) is 76.4 Å². The number of benzene rings is 6. The number of terminal acetylenes is 1. The van der Waals surface area contributed by atoms with Crippen LogP contribution < -0.4 is 9.47 Å². The van der Waals surface area contributed by atoms with E-state index in [-0.39, 0.29) is 28.2 Å². The van der Waals surface area contributed by atoms with E-state index in [1.807, 2.05) is 6.07 Å². The summed E-state index contributed by atoms with van der Waals surface area (Å²) in [6, 6.07) is 32.0. The van der Waals surface area contributed by atoms with Crippen LogP contribution in [0.5, 0.6) is 11.5 Å². The van der Waals surface area contributed by atoms with Gasteiger partial charge in [-0.05, 0) is 121 Å². The molecule has 0 aliphatic heterocycles. The van der Waals surface area contributed by atoms with Crippen LogP contribution in [-0.4, -0.2) is 11.9 Å². The van der Waals surface area contributed by atoms with Crippen molar-refractivity contribution in [3.05, 3.63) is 178 Å². The van der Waals surface area contributed by atoms with Gasteiger partial charge in [-0.1, -0.05) is 74.4 Å². The van der Waals surface area contributed by atoms with E-state index in [0.717, 1.165) is 68.2 Å². The van der Waals surface area contributed by atoms with Crippen molar-refractivity contribution in [1.82, 2.24) is 0 Å². The molecule has 6 rings (SSSR count). The molecule has 0 atom stereocenters. The van der Waals surface area contributed by atoms with Gasteiger partial charge in [0, 0.05) is 28.8 Å². The van der Waals surface area contributed by atoms with Gasteiger partial charge in [-0.2, -0.15) is 5.26 Å². The molecule has 0 aliphatic carbocycles. The van der Waals surface area contributed by atoms with Gasteiger partial charge in [0.2, 0.25) is 0 Å². The molecular formula is C50H39F4NO4. The summed E-state index contributed by atoms with van der Waals surface area (Å²) in [6.45, 7) is 0. The zero-order chi connectivity index (χ0) is 41.7. The second kappa shape index (κ2) is 19.9. The highest BCUT2D eigenvalue weighted by Gasteiger charge is 2.18. The number of unbranched alkanes of at least 4 members (excludes halogenated alkanes) is 6. The number of hydrogen-bond acceptors (Lipinski definition) is 5.